The van der Waals surface area contributed by atoms with E-state index < -0.39 is 0 Å². The molecule has 0 aliphatic carbocycles. The summed E-state index contributed by atoms with van der Waals surface area (Å²) < 4.78 is 5.58. The number of hydrogen-bond acceptors (Lipinski definition) is 6. The summed E-state index contributed by atoms with van der Waals surface area (Å²) in [6.45, 7) is 2.74. The third-order valence-corrected chi connectivity index (χ3v) is 3.89. The van der Waals surface area contributed by atoms with Gasteiger partial charge in [-0.15, -0.1) is 11.3 Å². The highest BCUT2D eigenvalue weighted by Gasteiger charge is 2.07. The molecule has 98 valence electrons. The van der Waals surface area contributed by atoms with Crippen LogP contribution >= 0.6 is 11.3 Å². The fourth-order valence-corrected chi connectivity index (χ4v) is 2.56. The van der Waals surface area contributed by atoms with Crippen molar-refractivity contribution in [2.24, 2.45) is 0 Å². The fourth-order valence-electron chi connectivity index (χ4n) is 1.76. The molecular weight excluding hydrogens is 260 g/mol. The third kappa shape index (κ3) is 2.53. The number of thiazole rings is 1. The van der Waals surface area contributed by atoms with E-state index in [0.717, 1.165) is 16.9 Å². The normalized spacial score (nSPS) is 11.0. The molecule has 0 amide bonds. The first-order valence-corrected chi connectivity index (χ1v) is 6.90. The molecule has 3 aromatic rings. The van der Waals surface area contributed by atoms with E-state index in [-0.39, 0.29) is 0 Å². The van der Waals surface area contributed by atoms with Crippen LogP contribution in [0, 0.1) is 0 Å². The van der Waals surface area contributed by atoms with Crippen molar-refractivity contribution in [1.82, 2.24) is 9.97 Å². The Hall–Kier alpha value is -2.08. The van der Waals surface area contributed by atoms with E-state index in [1.807, 2.05) is 18.3 Å². The summed E-state index contributed by atoms with van der Waals surface area (Å²) in [4.78, 5) is 9.96. The minimum atomic E-state index is 0.494. The van der Waals surface area contributed by atoms with Crippen LogP contribution in [0.4, 0.5) is 11.7 Å². The molecule has 5 nitrogen and oxygen atoms in total. The van der Waals surface area contributed by atoms with Crippen molar-refractivity contribution < 1.29 is 4.42 Å². The lowest BCUT2D eigenvalue weighted by Gasteiger charge is -1.96. The third-order valence-electron chi connectivity index (χ3n) is 2.75. The molecule has 0 unspecified atom stereocenters. The van der Waals surface area contributed by atoms with Crippen molar-refractivity contribution in [3.8, 4) is 0 Å². The average molecular weight is 274 g/mol. The largest absolute Gasteiger partial charge is 0.423 e. The molecule has 3 rings (SSSR count). The number of anilines is 2. The number of nitrogens with zero attached hydrogens (tertiary/aromatic N) is 2. The summed E-state index contributed by atoms with van der Waals surface area (Å²) in [5.74, 6) is 0. The minimum Gasteiger partial charge on any atom is -0.423 e. The van der Waals surface area contributed by atoms with Gasteiger partial charge in [-0.2, -0.15) is 4.98 Å². The lowest BCUT2D eigenvalue weighted by atomic mass is 10.3. The number of aromatic nitrogens is 2. The zero-order valence-corrected chi connectivity index (χ0v) is 11.3. The van der Waals surface area contributed by atoms with E-state index >= 15 is 0 Å². The Bertz CT molecular complexity index is 704. The first-order valence-electron chi connectivity index (χ1n) is 6.08. The molecule has 0 bridgehead atoms. The molecule has 0 fully saturated rings. The Morgan fingerprint density at radius 2 is 2.32 bits per heavy atom. The molecule has 0 radical (unpaired) electrons. The first kappa shape index (κ1) is 12.0. The Kier molecular flexibility index (Phi) is 3.08. The van der Waals surface area contributed by atoms with Crippen LogP contribution in [0.3, 0.4) is 0 Å². The highest BCUT2D eigenvalue weighted by molar-refractivity contribution is 7.11. The first-order chi connectivity index (χ1) is 9.24. The van der Waals surface area contributed by atoms with Gasteiger partial charge >= 0.3 is 0 Å². The van der Waals surface area contributed by atoms with Gasteiger partial charge in [-0.1, -0.05) is 6.92 Å². The topological polar surface area (TPSA) is 77.0 Å². The second-order valence-electron chi connectivity index (χ2n) is 4.17. The standard InChI is InChI=1S/C13H14N4OS/c1-2-9-6-15-12(19-9)7-16-13-17-10-4-3-8(14)5-11(10)18-13/h3-6H,2,7,14H2,1H3,(H,16,17). The molecule has 0 spiro atoms. The second-order valence-corrected chi connectivity index (χ2v) is 5.37. The van der Waals surface area contributed by atoms with Crippen LogP contribution in [0.25, 0.3) is 11.1 Å². The van der Waals surface area contributed by atoms with Gasteiger partial charge in [0.15, 0.2) is 5.58 Å². The monoisotopic (exact) mass is 274 g/mol. The summed E-state index contributed by atoms with van der Waals surface area (Å²) in [6, 6.07) is 5.92. The molecule has 19 heavy (non-hydrogen) atoms. The Labute approximate surface area is 114 Å². The zero-order chi connectivity index (χ0) is 13.2. The maximum Gasteiger partial charge on any atom is 0.296 e. The molecule has 0 aliphatic rings. The van der Waals surface area contributed by atoms with Crippen molar-refractivity contribution in [3.63, 3.8) is 0 Å². The fraction of sp³-hybridized carbons (Fsp3) is 0.231. The maximum absolute atomic E-state index is 5.70. The highest BCUT2D eigenvalue weighted by atomic mass is 32.1. The van der Waals surface area contributed by atoms with Crippen molar-refractivity contribution in [2.45, 2.75) is 19.9 Å². The Morgan fingerprint density at radius 3 is 3.11 bits per heavy atom. The summed E-state index contributed by atoms with van der Waals surface area (Å²) in [6.07, 6.45) is 2.92. The smallest absolute Gasteiger partial charge is 0.296 e. The molecule has 1 aromatic carbocycles. The maximum atomic E-state index is 5.70. The molecule has 0 saturated carbocycles. The summed E-state index contributed by atoms with van der Waals surface area (Å²) >= 11 is 1.70. The van der Waals surface area contributed by atoms with Gasteiger partial charge in [0.25, 0.3) is 6.01 Å². The highest BCUT2D eigenvalue weighted by Crippen LogP contribution is 2.22. The lowest BCUT2D eigenvalue weighted by molar-refractivity contribution is 0.614. The van der Waals surface area contributed by atoms with Crippen LogP contribution in [-0.4, -0.2) is 9.97 Å². The molecule has 2 aromatic heterocycles. The van der Waals surface area contributed by atoms with Gasteiger partial charge in [0.2, 0.25) is 0 Å². The lowest BCUT2D eigenvalue weighted by Crippen LogP contribution is -1.98. The van der Waals surface area contributed by atoms with Gasteiger partial charge in [-0.25, -0.2) is 4.98 Å². The number of rotatable bonds is 4. The Balaban J connectivity index is 1.74. The van der Waals surface area contributed by atoms with Crippen LogP contribution in [0.5, 0.6) is 0 Å². The summed E-state index contributed by atoms with van der Waals surface area (Å²) in [5, 5.41) is 4.16. The van der Waals surface area contributed by atoms with Crippen LogP contribution in [0.2, 0.25) is 0 Å². The van der Waals surface area contributed by atoms with Gasteiger partial charge in [0.1, 0.15) is 10.5 Å². The minimum absolute atomic E-state index is 0.494. The molecule has 2 heterocycles. The number of nitrogens with two attached hydrogens (primary N) is 1. The van der Waals surface area contributed by atoms with Crippen LogP contribution < -0.4 is 11.1 Å². The number of aryl methyl sites for hydroxylation is 1. The molecule has 0 aliphatic heterocycles. The zero-order valence-electron chi connectivity index (χ0n) is 10.5. The van der Waals surface area contributed by atoms with E-state index in [9.17, 15) is 0 Å². The summed E-state index contributed by atoms with van der Waals surface area (Å²) in [5.41, 5.74) is 7.86. The second kappa shape index (κ2) is 4.89. The van der Waals surface area contributed by atoms with Crippen molar-refractivity contribution in [1.29, 1.82) is 0 Å². The summed E-state index contributed by atoms with van der Waals surface area (Å²) in [7, 11) is 0. The predicted molar refractivity (Wildman–Crippen MR) is 77.2 cm³/mol. The number of nitrogens with one attached hydrogen (secondary N) is 1. The SMILES string of the molecule is CCc1cnc(CNc2nc3ccc(N)cc3o2)s1. The number of fused-ring (bicyclic) bond motifs is 1. The van der Waals surface area contributed by atoms with Gasteiger partial charge in [0.05, 0.1) is 6.54 Å². The number of nitrogen functional groups attached to an aromatic ring is 1. The van der Waals surface area contributed by atoms with E-state index in [4.69, 9.17) is 10.2 Å². The number of oxazole rings is 1. The molecule has 0 saturated heterocycles. The van der Waals surface area contributed by atoms with Crippen molar-refractivity contribution in [2.75, 3.05) is 11.1 Å². The average Bonchev–Trinajstić information content (AvgIpc) is 3.01. The van der Waals surface area contributed by atoms with Crippen LogP contribution in [0.15, 0.2) is 28.8 Å². The van der Waals surface area contributed by atoms with Gasteiger partial charge in [-0.05, 0) is 18.6 Å². The van der Waals surface area contributed by atoms with Gasteiger partial charge in [-0.3, -0.25) is 0 Å². The van der Waals surface area contributed by atoms with E-state index in [0.29, 0.717) is 23.8 Å². The molecule has 0 atom stereocenters. The molecule has 6 heteroatoms. The van der Waals surface area contributed by atoms with E-state index in [1.54, 1.807) is 17.4 Å². The van der Waals surface area contributed by atoms with Crippen molar-refractivity contribution >= 4 is 34.1 Å². The number of benzene rings is 1. The molecular formula is C13H14N4OS. The van der Waals surface area contributed by atoms with Crippen molar-refractivity contribution in [3.05, 3.63) is 34.3 Å². The van der Waals surface area contributed by atoms with E-state index in [2.05, 4.69) is 22.2 Å². The Morgan fingerprint density at radius 1 is 1.42 bits per heavy atom. The van der Waals surface area contributed by atoms with E-state index in [1.165, 1.54) is 4.88 Å². The quantitative estimate of drug-likeness (QED) is 0.715. The predicted octanol–water partition coefficient (Wildman–Crippen LogP) is 3.04. The van der Waals surface area contributed by atoms with Gasteiger partial charge < -0.3 is 15.5 Å². The molecule has 3 N–H and O–H groups in total. The number of hydrogen-bond donors (Lipinski definition) is 2. The van der Waals surface area contributed by atoms with Crippen LogP contribution in [0.1, 0.15) is 16.8 Å². The van der Waals surface area contributed by atoms with Gasteiger partial charge in [0, 0.05) is 22.8 Å². The van der Waals surface area contributed by atoms with Crippen LogP contribution in [-0.2, 0) is 13.0 Å².